The number of rotatable bonds is 3. The molecule has 0 saturated carbocycles. The number of thioether (sulfide) groups is 1. The lowest BCUT2D eigenvalue weighted by Crippen LogP contribution is -2.33. The van der Waals surface area contributed by atoms with E-state index in [2.05, 4.69) is 9.89 Å². The predicted molar refractivity (Wildman–Crippen MR) is 104 cm³/mol. The summed E-state index contributed by atoms with van der Waals surface area (Å²) < 4.78 is 5.74. The number of hydrogen-bond donors (Lipinski definition) is 0. The zero-order chi connectivity index (χ0) is 18.8. The molecule has 1 saturated heterocycles. The molecule has 8 heteroatoms. The zero-order valence-electron chi connectivity index (χ0n) is 14.5. The summed E-state index contributed by atoms with van der Waals surface area (Å²) in [7, 11) is 0. The Kier molecular flexibility index (Phi) is 4.81. The summed E-state index contributed by atoms with van der Waals surface area (Å²) in [5.41, 5.74) is 0.385. The van der Waals surface area contributed by atoms with Crippen molar-refractivity contribution in [1.82, 2.24) is 4.90 Å². The smallest absolute Gasteiger partial charge is 0.286 e. The summed E-state index contributed by atoms with van der Waals surface area (Å²) in [5.74, 6) is 0.583. The van der Waals surface area contributed by atoms with E-state index in [4.69, 9.17) is 4.42 Å². The normalized spacial score (nSPS) is 18.8. The molecule has 0 unspecified atom stereocenters. The maximum absolute atomic E-state index is 12.2. The van der Waals surface area contributed by atoms with E-state index in [1.54, 1.807) is 36.4 Å². The third-order valence-corrected chi connectivity index (χ3v) is 5.55. The fourth-order valence-corrected chi connectivity index (χ4v) is 4.11. The largest absolute Gasteiger partial charge is 0.456 e. The molecule has 138 valence electrons. The van der Waals surface area contributed by atoms with Crippen LogP contribution in [-0.2, 0) is 4.79 Å². The molecular formula is C19H17N3O4S. The van der Waals surface area contributed by atoms with Crippen LogP contribution in [0.4, 0.5) is 5.69 Å². The minimum absolute atomic E-state index is 0.0203. The van der Waals surface area contributed by atoms with Gasteiger partial charge in [-0.3, -0.25) is 14.9 Å². The van der Waals surface area contributed by atoms with E-state index in [-0.39, 0.29) is 11.6 Å². The lowest BCUT2D eigenvalue weighted by Gasteiger charge is -2.27. The van der Waals surface area contributed by atoms with Crippen molar-refractivity contribution in [3.8, 4) is 11.3 Å². The SMILES string of the molecule is O=C1N=C(N2CCCCC2)SC1=Cc1ccc(-c2ccccc2[N+](=O)[O-])o1. The minimum Gasteiger partial charge on any atom is -0.456 e. The Bertz CT molecular complexity index is 957. The molecule has 3 heterocycles. The van der Waals surface area contributed by atoms with E-state index in [9.17, 15) is 14.9 Å². The van der Waals surface area contributed by atoms with Crippen molar-refractivity contribution in [3.05, 3.63) is 57.2 Å². The fraction of sp³-hybridized carbons (Fsp3) is 0.263. The van der Waals surface area contributed by atoms with Gasteiger partial charge in [0.15, 0.2) is 5.17 Å². The monoisotopic (exact) mass is 383 g/mol. The molecule has 2 aliphatic heterocycles. The number of carbonyl (C=O) groups excluding carboxylic acids is 1. The highest BCUT2D eigenvalue weighted by Gasteiger charge is 2.27. The number of nitro groups is 1. The number of amidine groups is 1. The molecular weight excluding hydrogens is 366 g/mol. The fourth-order valence-electron chi connectivity index (χ4n) is 3.16. The number of carbonyl (C=O) groups is 1. The topological polar surface area (TPSA) is 89.0 Å². The van der Waals surface area contributed by atoms with Crippen LogP contribution in [0, 0.1) is 10.1 Å². The Balaban J connectivity index is 1.55. The molecule has 2 aromatic rings. The van der Waals surface area contributed by atoms with Crippen LogP contribution >= 0.6 is 11.8 Å². The van der Waals surface area contributed by atoms with E-state index in [1.807, 2.05) is 0 Å². The average Bonchev–Trinajstić information content (AvgIpc) is 3.30. The van der Waals surface area contributed by atoms with Gasteiger partial charge in [-0.25, -0.2) is 0 Å². The number of amides is 1. The Morgan fingerprint density at radius 3 is 2.70 bits per heavy atom. The molecule has 0 spiro atoms. The first kappa shape index (κ1) is 17.5. The molecule has 0 N–H and O–H groups in total. The van der Waals surface area contributed by atoms with Gasteiger partial charge < -0.3 is 9.32 Å². The van der Waals surface area contributed by atoms with Crippen molar-refractivity contribution in [2.45, 2.75) is 19.3 Å². The highest BCUT2D eigenvalue weighted by molar-refractivity contribution is 8.18. The van der Waals surface area contributed by atoms with Crippen molar-refractivity contribution in [2.75, 3.05) is 13.1 Å². The van der Waals surface area contributed by atoms with Gasteiger partial charge in [0.05, 0.1) is 15.4 Å². The van der Waals surface area contributed by atoms with Crippen LogP contribution in [0.15, 0.2) is 50.7 Å². The van der Waals surface area contributed by atoms with Gasteiger partial charge in [0.25, 0.3) is 11.6 Å². The molecule has 0 radical (unpaired) electrons. The summed E-state index contributed by atoms with van der Waals surface area (Å²) in [6.07, 6.45) is 5.09. The number of hydrogen-bond acceptors (Lipinski definition) is 6. The van der Waals surface area contributed by atoms with Crippen molar-refractivity contribution >= 4 is 34.6 Å². The maximum Gasteiger partial charge on any atom is 0.286 e. The Hall–Kier alpha value is -2.87. The van der Waals surface area contributed by atoms with Gasteiger partial charge in [0, 0.05) is 25.2 Å². The zero-order valence-corrected chi connectivity index (χ0v) is 15.3. The first-order chi connectivity index (χ1) is 13.1. The third kappa shape index (κ3) is 3.66. The lowest BCUT2D eigenvalue weighted by atomic mass is 10.1. The van der Waals surface area contributed by atoms with Crippen LogP contribution in [0.2, 0.25) is 0 Å². The van der Waals surface area contributed by atoms with Crippen LogP contribution < -0.4 is 0 Å². The summed E-state index contributed by atoms with van der Waals surface area (Å²) >= 11 is 1.35. The van der Waals surface area contributed by atoms with Gasteiger partial charge >= 0.3 is 0 Å². The number of para-hydroxylation sites is 1. The Morgan fingerprint density at radius 2 is 1.93 bits per heavy atom. The first-order valence-corrected chi connectivity index (χ1v) is 9.54. The molecule has 0 atom stereocenters. The summed E-state index contributed by atoms with van der Waals surface area (Å²) in [6, 6.07) is 9.78. The van der Waals surface area contributed by atoms with E-state index < -0.39 is 4.92 Å². The lowest BCUT2D eigenvalue weighted by molar-refractivity contribution is -0.384. The molecule has 0 bridgehead atoms. The number of piperidine rings is 1. The van der Waals surface area contributed by atoms with Crippen LogP contribution in [-0.4, -0.2) is 34.0 Å². The minimum atomic E-state index is -0.439. The van der Waals surface area contributed by atoms with Crippen molar-refractivity contribution in [1.29, 1.82) is 0 Å². The number of nitro benzene ring substituents is 1. The molecule has 7 nitrogen and oxygen atoms in total. The number of furan rings is 1. The van der Waals surface area contributed by atoms with Gasteiger partial charge in [-0.2, -0.15) is 4.99 Å². The molecule has 0 aliphatic carbocycles. The second-order valence-electron chi connectivity index (χ2n) is 6.33. The molecule has 1 fully saturated rings. The van der Waals surface area contributed by atoms with E-state index >= 15 is 0 Å². The summed E-state index contributed by atoms with van der Waals surface area (Å²) in [6.45, 7) is 1.85. The van der Waals surface area contributed by atoms with Gasteiger partial charge in [0.2, 0.25) is 0 Å². The highest BCUT2D eigenvalue weighted by atomic mass is 32.2. The van der Waals surface area contributed by atoms with Crippen molar-refractivity contribution < 1.29 is 14.1 Å². The van der Waals surface area contributed by atoms with Crippen LogP contribution in [0.5, 0.6) is 0 Å². The van der Waals surface area contributed by atoms with Crippen LogP contribution in [0.1, 0.15) is 25.0 Å². The summed E-state index contributed by atoms with van der Waals surface area (Å²) in [5, 5.41) is 11.9. The van der Waals surface area contributed by atoms with Gasteiger partial charge in [-0.05, 0) is 49.2 Å². The van der Waals surface area contributed by atoms with Crippen LogP contribution in [0.25, 0.3) is 17.4 Å². The second-order valence-corrected chi connectivity index (χ2v) is 7.34. The van der Waals surface area contributed by atoms with Gasteiger partial charge in [-0.1, -0.05) is 12.1 Å². The van der Waals surface area contributed by atoms with E-state index in [0.717, 1.165) is 31.1 Å². The molecule has 27 heavy (non-hydrogen) atoms. The summed E-state index contributed by atoms with van der Waals surface area (Å²) in [4.78, 5) is 29.8. The second kappa shape index (κ2) is 7.40. The van der Waals surface area contributed by atoms with Crippen molar-refractivity contribution in [3.63, 3.8) is 0 Å². The highest BCUT2D eigenvalue weighted by Crippen LogP contribution is 2.34. The Labute approximate surface area is 159 Å². The molecule has 1 aromatic heterocycles. The van der Waals surface area contributed by atoms with Crippen molar-refractivity contribution in [2.24, 2.45) is 4.99 Å². The maximum atomic E-state index is 12.2. The molecule has 4 rings (SSSR count). The number of likely N-dealkylation sites (tertiary alicyclic amines) is 1. The first-order valence-electron chi connectivity index (χ1n) is 8.73. The number of aliphatic imine (C=N–C) groups is 1. The van der Waals surface area contributed by atoms with Gasteiger partial charge in [0.1, 0.15) is 11.5 Å². The standard InChI is InChI=1S/C19H17N3O4S/c23-18-17(27-19(20-18)21-10-4-1-5-11-21)12-13-8-9-16(26-13)14-6-2-3-7-15(14)22(24)25/h2-3,6-9,12H,1,4-5,10-11H2. The number of benzene rings is 1. The molecule has 1 aromatic carbocycles. The van der Waals surface area contributed by atoms with Gasteiger partial charge in [-0.15, -0.1) is 0 Å². The predicted octanol–water partition coefficient (Wildman–Crippen LogP) is 4.31. The van der Waals surface area contributed by atoms with Crippen LogP contribution in [0.3, 0.4) is 0 Å². The molecule has 2 aliphatic rings. The molecule has 1 amide bonds. The Morgan fingerprint density at radius 1 is 1.15 bits per heavy atom. The quantitative estimate of drug-likeness (QED) is 0.446. The van der Waals surface area contributed by atoms with E-state index in [1.165, 1.54) is 24.2 Å². The average molecular weight is 383 g/mol. The van der Waals surface area contributed by atoms with E-state index in [0.29, 0.717) is 22.0 Å². The third-order valence-electron chi connectivity index (χ3n) is 4.50. The number of nitrogens with zero attached hydrogens (tertiary/aromatic N) is 3.